The summed E-state index contributed by atoms with van der Waals surface area (Å²) < 4.78 is 11.4. The Bertz CT molecular complexity index is 312. The van der Waals surface area contributed by atoms with Crippen LogP contribution in [0.1, 0.15) is 0 Å². The number of rotatable bonds is 4. The molecule has 0 saturated carbocycles. The van der Waals surface area contributed by atoms with Gasteiger partial charge in [-0.05, 0) is 31.4 Å². The van der Waals surface area contributed by atoms with E-state index in [9.17, 15) is 0 Å². The van der Waals surface area contributed by atoms with Crippen molar-refractivity contribution < 1.29 is 8.23 Å². The average Bonchev–Trinajstić information content (AvgIpc) is 2.18. The molecule has 0 amide bonds. The predicted molar refractivity (Wildman–Crippen MR) is 69.0 cm³/mol. The lowest BCUT2D eigenvalue weighted by atomic mass is 10.4. The molecule has 0 aliphatic heterocycles. The monoisotopic (exact) mass is 253 g/mol. The van der Waals surface area contributed by atoms with Crippen molar-refractivity contribution in [3.8, 4) is 0 Å². The van der Waals surface area contributed by atoms with Crippen molar-refractivity contribution in [2.45, 2.75) is 26.2 Å². The minimum absolute atomic E-state index is 1.30. The van der Waals surface area contributed by atoms with Crippen LogP contribution >= 0.6 is 0 Å². The predicted octanol–water partition coefficient (Wildman–Crippen LogP) is 1.92. The van der Waals surface area contributed by atoms with Crippen molar-refractivity contribution in [2.75, 3.05) is 0 Å². The van der Waals surface area contributed by atoms with E-state index in [4.69, 9.17) is 8.23 Å². The van der Waals surface area contributed by atoms with Gasteiger partial charge >= 0.3 is 8.56 Å². The average molecular weight is 254 g/mol. The molecule has 0 bridgehead atoms. The molecule has 0 spiro atoms. The van der Waals surface area contributed by atoms with Gasteiger partial charge in [0.15, 0.2) is 0 Å². The van der Waals surface area contributed by atoms with E-state index < -0.39 is 16.9 Å². The molecule has 0 unspecified atom stereocenters. The maximum atomic E-state index is 6.17. The third-order valence-corrected chi connectivity index (χ3v) is 9.91. The first-order chi connectivity index (χ1) is 6.87. The second-order valence-corrected chi connectivity index (χ2v) is 12.5. The molecule has 1 aromatic carbocycles. The zero-order valence-electron chi connectivity index (χ0n) is 9.70. The molecule has 0 N–H and O–H groups in total. The van der Waals surface area contributed by atoms with E-state index >= 15 is 0 Å². The molecule has 15 heavy (non-hydrogen) atoms. The first-order valence-electron chi connectivity index (χ1n) is 4.98. The van der Waals surface area contributed by atoms with Crippen molar-refractivity contribution in [1.82, 2.24) is 0 Å². The minimum atomic E-state index is -2.02. The van der Waals surface area contributed by atoms with Crippen molar-refractivity contribution in [3.63, 3.8) is 0 Å². The highest BCUT2D eigenvalue weighted by Crippen LogP contribution is 2.14. The van der Waals surface area contributed by atoms with Crippen LogP contribution in [0.2, 0.25) is 26.2 Å². The summed E-state index contributed by atoms with van der Waals surface area (Å²) in [6, 6.07) is 10.4. The Balaban J connectivity index is 2.85. The molecule has 1 aromatic rings. The SMILES string of the molecule is C[Si](C)(O[Si])O[Si](C)(C)c1ccccc1. The molecule has 0 aliphatic rings. The van der Waals surface area contributed by atoms with E-state index in [1.54, 1.807) is 0 Å². The highest BCUT2D eigenvalue weighted by atomic mass is 28.5. The summed E-state index contributed by atoms with van der Waals surface area (Å²) in [5.74, 6) is 0. The van der Waals surface area contributed by atoms with Crippen LogP contribution in [-0.4, -0.2) is 27.4 Å². The number of hydrogen-bond donors (Lipinski definition) is 0. The molecule has 0 atom stereocenters. The molecule has 1 rings (SSSR count). The molecule has 0 fully saturated rings. The second kappa shape index (κ2) is 4.75. The molecule has 3 radical (unpaired) electrons. The van der Waals surface area contributed by atoms with Crippen LogP contribution in [0.15, 0.2) is 30.3 Å². The molecule has 0 aliphatic carbocycles. The van der Waals surface area contributed by atoms with Crippen molar-refractivity contribution in [1.29, 1.82) is 0 Å². The molecule has 0 aromatic heterocycles. The lowest BCUT2D eigenvalue weighted by Gasteiger charge is -2.32. The van der Waals surface area contributed by atoms with Crippen molar-refractivity contribution in [3.05, 3.63) is 30.3 Å². The second-order valence-electron chi connectivity index (χ2n) is 4.48. The summed E-state index contributed by atoms with van der Waals surface area (Å²) in [4.78, 5) is 0. The topological polar surface area (TPSA) is 18.5 Å². The molecule has 0 saturated heterocycles. The molecule has 2 nitrogen and oxygen atoms in total. The van der Waals surface area contributed by atoms with Gasteiger partial charge in [-0.15, -0.1) is 0 Å². The first-order valence-corrected chi connectivity index (χ1v) is 11.1. The largest absolute Gasteiger partial charge is 0.437 e. The standard InChI is InChI=1S/C10H17O2Si3/c1-14(2,12-15(3,4)11-13)10-8-6-5-7-9-10/h5-9H,1-4H3. The van der Waals surface area contributed by atoms with Crippen LogP contribution in [-0.2, 0) is 8.23 Å². The Kier molecular flexibility index (Phi) is 4.07. The summed E-state index contributed by atoms with van der Waals surface area (Å²) in [5, 5.41) is 1.30. The lowest BCUT2D eigenvalue weighted by molar-refractivity contribution is 0.421. The number of hydrogen-bond acceptors (Lipinski definition) is 2. The Labute approximate surface area is 97.5 Å². The van der Waals surface area contributed by atoms with Gasteiger partial charge in [0.2, 0.25) is 18.8 Å². The van der Waals surface area contributed by atoms with Gasteiger partial charge in [0.05, 0.1) is 0 Å². The Morgan fingerprint density at radius 1 is 1.00 bits per heavy atom. The summed E-state index contributed by atoms with van der Waals surface area (Å²) in [6.07, 6.45) is 0. The van der Waals surface area contributed by atoms with E-state index in [1.807, 2.05) is 19.2 Å². The maximum Gasteiger partial charge on any atom is 0.311 e. The van der Waals surface area contributed by atoms with Crippen molar-refractivity contribution >= 4 is 32.6 Å². The highest BCUT2D eigenvalue weighted by Gasteiger charge is 2.34. The fourth-order valence-electron chi connectivity index (χ4n) is 1.53. The lowest BCUT2D eigenvalue weighted by Crippen LogP contribution is -2.53. The van der Waals surface area contributed by atoms with Gasteiger partial charge in [-0.3, -0.25) is 0 Å². The van der Waals surface area contributed by atoms with Gasteiger partial charge in [-0.1, -0.05) is 30.3 Å². The van der Waals surface area contributed by atoms with E-state index in [1.165, 1.54) is 5.19 Å². The summed E-state index contributed by atoms with van der Waals surface area (Å²) in [5.41, 5.74) is 0. The Morgan fingerprint density at radius 2 is 1.53 bits per heavy atom. The summed E-state index contributed by atoms with van der Waals surface area (Å²) >= 11 is 0. The molecule has 81 valence electrons. The van der Waals surface area contributed by atoms with Crippen LogP contribution in [0.25, 0.3) is 0 Å². The van der Waals surface area contributed by atoms with E-state index in [2.05, 4.69) is 47.8 Å². The maximum absolute atomic E-state index is 6.17. The van der Waals surface area contributed by atoms with Gasteiger partial charge in [0.25, 0.3) is 0 Å². The van der Waals surface area contributed by atoms with Crippen LogP contribution in [0.5, 0.6) is 0 Å². The zero-order chi connectivity index (χ0) is 11.5. The minimum Gasteiger partial charge on any atom is -0.437 e. The van der Waals surface area contributed by atoms with E-state index in [-0.39, 0.29) is 0 Å². The third-order valence-electron chi connectivity index (χ3n) is 2.22. The fraction of sp³-hybridized carbons (Fsp3) is 0.400. The Hall–Kier alpha value is -0.209. The van der Waals surface area contributed by atoms with Crippen molar-refractivity contribution in [2.24, 2.45) is 0 Å². The quantitative estimate of drug-likeness (QED) is 0.763. The fourth-order valence-corrected chi connectivity index (χ4v) is 8.46. The normalized spacial score (nSPS) is 12.9. The van der Waals surface area contributed by atoms with Crippen LogP contribution in [0, 0.1) is 0 Å². The van der Waals surface area contributed by atoms with Crippen LogP contribution in [0.4, 0.5) is 0 Å². The highest BCUT2D eigenvalue weighted by molar-refractivity contribution is 6.91. The van der Waals surface area contributed by atoms with Gasteiger partial charge in [-0.25, -0.2) is 0 Å². The molecule has 5 heteroatoms. The van der Waals surface area contributed by atoms with E-state index in [0.717, 1.165) is 0 Å². The summed E-state index contributed by atoms with van der Waals surface area (Å²) in [6.45, 7) is 8.47. The first kappa shape index (κ1) is 12.9. The van der Waals surface area contributed by atoms with Crippen LogP contribution < -0.4 is 5.19 Å². The molecule has 0 heterocycles. The van der Waals surface area contributed by atoms with E-state index in [0.29, 0.717) is 0 Å². The smallest absolute Gasteiger partial charge is 0.311 e. The molecular weight excluding hydrogens is 236 g/mol. The Morgan fingerprint density at radius 3 is 2.00 bits per heavy atom. The van der Waals surface area contributed by atoms with Gasteiger partial charge in [0.1, 0.15) is 0 Å². The van der Waals surface area contributed by atoms with Crippen LogP contribution in [0.3, 0.4) is 0 Å². The molecular formula is C10H17O2Si3. The third kappa shape index (κ3) is 3.69. The summed E-state index contributed by atoms with van der Waals surface area (Å²) in [7, 11) is -0.747. The van der Waals surface area contributed by atoms with Gasteiger partial charge in [-0.2, -0.15) is 0 Å². The van der Waals surface area contributed by atoms with Gasteiger partial charge < -0.3 is 8.23 Å². The number of benzene rings is 1. The zero-order valence-corrected chi connectivity index (χ0v) is 12.7. The van der Waals surface area contributed by atoms with Gasteiger partial charge in [0, 0.05) is 0 Å².